The molecule has 0 aliphatic rings. The molecule has 3 heterocycles. The third-order valence-electron chi connectivity index (χ3n) is 6.98. The first kappa shape index (κ1) is 29.2. The summed E-state index contributed by atoms with van der Waals surface area (Å²) in [4.78, 5) is 39.6. The van der Waals surface area contributed by atoms with E-state index < -0.39 is 24.2 Å². The van der Waals surface area contributed by atoms with Crippen LogP contribution in [0.4, 0.5) is 4.39 Å². The molecule has 9 nitrogen and oxygen atoms in total. The molecule has 0 saturated carbocycles. The van der Waals surface area contributed by atoms with Crippen LogP contribution in [-0.2, 0) is 30.7 Å². The molecule has 0 unspecified atom stereocenters. The van der Waals surface area contributed by atoms with Gasteiger partial charge in [0, 0.05) is 15.8 Å². The summed E-state index contributed by atoms with van der Waals surface area (Å²) in [7, 11) is 0. The van der Waals surface area contributed by atoms with Crippen molar-refractivity contribution in [3.05, 3.63) is 98.3 Å². The van der Waals surface area contributed by atoms with Crippen LogP contribution in [0.2, 0.25) is 5.02 Å². The van der Waals surface area contributed by atoms with Crippen molar-refractivity contribution in [3.8, 4) is 5.00 Å². The molecular weight excluding hydrogens is 581 g/mol. The van der Waals surface area contributed by atoms with Crippen molar-refractivity contribution in [3.63, 3.8) is 0 Å². The smallest absolute Gasteiger partial charge is 0.323 e. The van der Waals surface area contributed by atoms with Crippen LogP contribution >= 0.6 is 22.9 Å². The number of aliphatic carboxylic acids is 1. The Hall–Kier alpha value is -4.35. The first-order valence-electron chi connectivity index (χ1n) is 13.3. The van der Waals surface area contributed by atoms with Gasteiger partial charge in [0.1, 0.15) is 23.1 Å². The number of halogens is 2. The van der Waals surface area contributed by atoms with E-state index in [0.29, 0.717) is 56.7 Å². The molecule has 3 aromatic heterocycles. The first-order valence-corrected chi connectivity index (χ1v) is 14.5. The first-order chi connectivity index (χ1) is 20.2. The van der Waals surface area contributed by atoms with Crippen molar-refractivity contribution in [1.82, 2.24) is 24.6 Å². The topological polar surface area (TPSA) is 119 Å². The molecule has 2 N–H and O–H groups in total. The van der Waals surface area contributed by atoms with Gasteiger partial charge in [-0.25, -0.2) is 4.39 Å². The summed E-state index contributed by atoms with van der Waals surface area (Å²) in [5.74, 6) is -2.26. The predicted molar refractivity (Wildman–Crippen MR) is 158 cm³/mol. The Morgan fingerprint density at radius 2 is 1.81 bits per heavy atom. The van der Waals surface area contributed by atoms with Crippen molar-refractivity contribution in [2.24, 2.45) is 0 Å². The van der Waals surface area contributed by atoms with E-state index in [4.69, 9.17) is 11.6 Å². The van der Waals surface area contributed by atoms with Gasteiger partial charge in [-0.05, 0) is 49.6 Å². The molecule has 1 amide bonds. The number of fused-ring (bicyclic) bond motifs is 1. The average Bonchev–Trinajstić information content (AvgIpc) is 3.64. The minimum atomic E-state index is -1.21. The lowest BCUT2D eigenvalue weighted by atomic mass is 10.0. The second-order valence-corrected chi connectivity index (χ2v) is 11.1. The molecule has 12 heteroatoms. The van der Waals surface area contributed by atoms with Gasteiger partial charge in [0.25, 0.3) is 5.91 Å². The van der Waals surface area contributed by atoms with Crippen LogP contribution in [-0.4, -0.2) is 42.1 Å². The van der Waals surface area contributed by atoms with E-state index in [1.165, 1.54) is 15.9 Å². The molecule has 0 aliphatic heterocycles. The SMILES string of the molecule is CCc1cc(C(=O)c2ccccc2Cl)c(-n2c(C)nnc2CNC(=O)c2c(F)c3c(CC)cccc3n2CC(=O)O)s1. The molecule has 0 fully saturated rings. The van der Waals surface area contributed by atoms with E-state index in [-0.39, 0.29) is 23.4 Å². The maximum atomic E-state index is 15.7. The highest BCUT2D eigenvalue weighted by atomic mass is 35.5. The Kier molecular flexibility index (Phi) is 8.24. The van der Waals surface area contributed by atoms with E-state index in [1.807, 2.05) is 19.9 Å². The van der Waals surface area contributed by atoms with Crippen LogP contribution in [0.5, 0.6) is 0 Å². The van der Waals surface area contributed by atoms with Gasteiger partial charge in [-0.15, -0.1) is 21.5 Å². The number of rotatable bonds is 10. The fourth-order valence-corrected chi connectivity index (χ4v) is 6.37. The van der Waals surface area contributed by atoms with Crippen molar-refractivity contribution >= 4 is 51.5 Å². The van der Waals surface area contributed by atoms with Gasteiger partial charge in [-0.2, -0.15) is 0 Å². The lowest BCUT2D eigenvalue weighted by molar-refractivity contribution is -0.137. The lowest BCUT2D eigenvalue weighted by Crippen LogP contribution is -2.28. The number of benzene rings is 2. The number of carbonyl (C=O) groups excluding carboxylic acids is 2. The molecule has 5 aromatic rings. The molecule has 0 bridgehead atoms. The lowest BCUT2D eigenvalue weighted by Gasteiger charge is -2.12. The highest BCUT2D eigenvalue weighted by Gasteiger charge is 2.27. The van der Waals surface area contributed by atoms with Gasteiger partial charge in [0.05, 0.1) is 22.6 Å². The van der Waals surface area contributed by atoms with Crippen molar-refractivity contribution in [2.45, 2.75) is 46.7 Å². The number of carboxylic acid groups (broad SMARTS) is 1. The number of nitrogens with zero attached hydrogens (tertiary/aromatic N) is 4. The molecule has 2 aromatic carbocycles. The number of aryl methyl sites for hydroxylation is 3. The van der Waals surface area contributed by atoms with Crippen LogP contribution in [0.3, 0.4) is 0 Å². The van der Waals surface area contributed by atoms with Crippen LogP contribution < -0.4 is 5.32 Å². The highest BCUT2D eigenvalue weighted by molar-refractivity contribution is 7.15. The standard InChI is InChI=1S/C30H27ClFN5O4S/c1-4-17-9-8-12-22-25(17)26(32)27(36(22)15-24(38)39)29(41)33-14-23-35-34-16(3)37(23)30-20(13-18(5-2)42-30)28(40)19-10-6-7-11-21(19)31/h6-13H,4-5,14-15H2,1-3H3,(H,33,41)(H,38,39). The highest BCUT2D eigenvalue weighted by Crippen LogP contribution is 2.33. The summed E-state index contributed by atoms with van der Waals surface area (Å²) in [6, 6.07) is 13.7. The minimum absolute atomic E-state index is 0.159. The monoisotopic (exact) mass is 607 g/mol. The van der Waals surface area contributed by atoms with Gasteiger partial charge < -0.3 is 15.0 Å². The fourth-order valence-electron chi connectivity index (χ4n) is 4.99. The van der Waals surface area contributed by atoms with Gasteiger partial charge in [-0.3, -0.25) is 19.0 Å². The van der Waals surface area contributed by atoms with Crippen LogP contribution in [0, 0.1) is 12.7 Å². The predicted octanol–water partition coefficient (Wildman–Crippen LogP) is 5.75. The Labute approximate surface area is 249 Å². The van der Waals surface area contributed by atoms with E-state index >= 15 is 4.39 Å². The molecule has 216 valence electrons. The number of ketones is 1. The second-order valence-electron chi connectivity index (χ2n) is 9.58. The minimum Gasteiger partial charge on any atom is -0.480 e. The number of amides is 1. The molecular formula is C30H27ClFN5O4S. The molecule has 42 heavy (non-hydrogen) atoms. The maximum Gasteiger partial charge on any atom is 0.323 e. The molecule has 0 radical (unpaired) electrons. The number of carbonyl (C=O) groups is 3. The molecule has 5 rings (SSSR count). The van der Waals surface area contributed by atoms with Crippen molar-refractivity contribution in [2.75, 3.05) is 0 Å². The van der Waals surface area contributed by atoms with E-state index in [9.17, 15) is 19.5 Å². The summed E-state index contributed by atoms with van der Waals surface area (Å²) in [6.45, 7) is 4.82. The number of nitrogens with one attached hydrogen (secondary N) is 1. The second kappa shape index (κ2) is 11.9. The van der Waals surface area contributed by atoms with E-state index in [2.05, 4.69) is 15.5 Å². The van der Waals surface area contributed by atoms with Gasteiger partial charge >= 0.3 is 5.97 Å². The van der Waals surface area contributed by atoms with Crippen molar-refractivity contribution in [1.29, 1.82) is 0 Å². The molecule has 0 spiro atoms. The van der Waals surface area contributed by atoms with Crippen LogP contribution in [0.25, 0.3) is 15.9 Å². The molecule has 0 atom stereocenters. The number of carboxylic acids is 1. The Bertz CT molecular complexity index is 1860. The summed E-state index contributed by atoms with van der Waals surface area (Å²) in [5.41, 5.74) is 1.38. The van der Waals surface area contributed by atoms with E-state index in [1.54, 1.807) is 54.0 Å². The molecule has 0 saturated heterocycles. The maximum absolute atomic E-state index is 15.7. The van der Waals surface area contributed by atoms with Crippen molar-refractivity contribution < 1.29 is 23.9 Å². The quantitative estimate of drug-likeness (QED) is 0.195. The fraction of sp³-hybridized carbons (Fsp3) is 0.233. The summed E-state index contributed by atoms with van der Waals surface area (Å²) in [5, 5.41) is 21.7. The van der Waals surface area contributed by atoms with Gasteiger partial charge in [-0.1, -0.05) is 49.7 Å². The van der Waals surface area contributed by atoms with Gasteiger partial charge in [0.2, 0.25) is 0 Å². The Morgan fingerprint density at radius 3 is 2.50 bits per heavy atom. The van der Waals surface area contributed by atoms with E-state index in [0.717, 1.165) is 4.88 Å². The summed E-state index contributed by atoms with van der Waals surface area (Å²) < 4.78 is 18.6. The Balaban J connectivity index is 1.52. The third kappa shape index (κ3) is 5.21. The van der Waals surface area contributed by atoms with Crippen LogP contribution in [0.15, 0.2) is 48.5 Å². The number of thiophene rings is 1. The van der Waals surface area contributed by atoms with Gasteiger partial charge in [0.15, 0.2) is 17.4 Å². The average molecular weight is 608 g/mol. The number of hydrogen-bond donors (Lipinski definition) is 2. The summed E-state index contributed by atoms with van der Waals surface area (Å²) >= 11 is 7.73. The zero-order chi connectivity index (χ0) is 30.1. The zero-order valence-corrected chi connectivity index (χ0v) is 24.6. The zero-order valence-electron chi connectivity index (χ0n) is 23.1. The summed E-state index contributed by atoms with van der Waals surface area (Å²) in [6.07, 6.45) is 1.19. The Morgan fingerprint density at radius 1 is 1.05 bits per heavy atom. The largest absolute Gasteiger partial charge is 0.480 e. The number of aromatic nitrogens is 4. The molecule has 0 aliphatic carbocycles. The van der Waals surface area contributed by atoms with Crippen LogP contribution in [0.1, 0.15) is 62.3 Å². The third-order valence-corrected chi connectivity index (χ3v) is 8.58. The normalized spacial score (nSPS) is 11.3. The number of hydrogen-bond acceptors (Lipinski definition) is 6.